The first-order chi connectivity index (χ1) is 15.0. The van der Waals surface area contributed by atoms with E-state index in [9.17, 15) is 14.4 Å². The van der Waals surface area contributed by atoms with Crippen LogP contribution < -0.4 is 4.90 Å². The highest BCUT2D eigenvalue weighted by Gasteiger charge is 2.25. The van der Waals surface area contributed by atoms with Crippen molar-refractivity contribution in [3.63, 3.8) is 0 Å². The molecule has 0 unspecified atom stereocenters. The summed E-state index contributed by atoms with van der Waals surface area (Å²) in [5, 5.41) is 0.338. The molecule has 1 amide bonds. The number of carbonyl (C=O) groups is 3. The lowest BCUT2D eigenvalue weighted by Gasteiger charge is -2.20. The zero-order valence-corrected chi connectivity index (χ0v) is 18.1. The van der Waals surface area contributed by atoms with E-state index in [1.165, 1.54) is 4.90 Å². The second kappa shape index (κ2) is 10.5. The molecule has 7 nitrogen and oxygen atoms in total. The highest BCUT2D eigenvalue weighted by molar-refractivity contribution is 7.17. The molecule has 0 bridgehead atoms. The van der Waals surface area contributed by atoms with Gasteiger partial charge < -0.3 is 9.47 Å². The van der Waals surface area contributed by atoms with Gasteiger partial charge in [0.1, 0.15) is 4.88 Å². The molecular weight excluding hydrogens is 416 g/mol. The number of rotatable bonds is 8. The van der Waals surface area contributed by atoms with Gasteiger partial charge >= 0.3 is 11.9 Å². The summed E-state index contributed by atoms with van der Waals surface area (Å²) in [6, 6.07) is 17.8. The third-order valence-electron chi connectivity index (χ3n) is 4.30. The van der Waals surface area contributed by atoms with E-state index in [1.54, 1.807) is 44.2 Å². The molecule has 0 N–H and O–H groups in total. The fourth-order valence-electron chi connectivity index (χ4n) is 2.77. The van der Waals surface area contributed by atoms with Gasteiger partial charge in [0.05, 0.1) is 24.4 Å². The van der Waals surface area contributed by atoms with E-state index in [0.717, 1.165) is 16.9 Å². The molecule has 0 radical (unpaired) electrons. The molecule has 0 saturated heterocycles. The number of ether oxygens (including phenoxy) is 2. The number of carbonyl (C=O) groups excluding carboxylic acids is 3. The van der Waals surface area contributed by atoms with Crippen LogP contribution in [0.5, 0.6) is 0 Å². The SMILES string of the molecule is CCOC(=O)c1sc(N(Cc2ccccc2)C(=O)COC(=O)c2ccccc2)nc1C. The average Bonchev–Trinajstić information content (AvgIpc) is 3.18. The molecule has 0 aliphatic rings. The maximum absolute atomic E-state index is 13.0. The summed E-state index contributed by atoms with van der Waals surface area (Å²) < 4.78 is 10.3. The molecule has 3 rings (SSSR count). The smallest absolute Gasteiger partial charge is 0.350 e. The third-order valence-corrected chi connectivity index (χ3v) is 5.46. The van der Waals surface area contributed by atoms with Crippen molar-refractivity contribution in [3.05, 3.63) is 82.4 Å². The summed E-state index contributed by atoms with van der Waals surface area (Å²) in [5.41, 5.74) is 1.71. The first kappa shape index (κ1) is 22.2. The van der Waals surface area contributed by atoms with Gasteiger partial charge in [-0.25, -0.2) is 14.6 Å². The number of thiazole rings is 1. The Morgan fingerprint density at radius 1 is 0.935 bits per heavy atom. The monoisotopic (exact) mass is 438 g/mol. The summed E-state index contributed by atoms with van der Waals surface area (Å²) in [6.45, 7) is 3.42. The van der Waals surface area contributed by atoms with E-state index < -0.39 is 24.5 Å². The predicted octanol–water partition coefficient (Wildman–Crippen LogP) is 4.02. The zero-order valence-electron chi connectivity index (χ0n) is 17.2. The predicted molar refractivity (Wildman–Crippen MR) is 117 cm³/mol. The minimum atomic E-state index is -0.587. The Balaban J connectivity index is 1.81. The minimum Gasteiger partial charge on any atom is -0.462 e. The number of hydrogen-bond donors (Lipinski definition) is 0. The third kappa shape index (κ3) is 5.76. The quantitative estimate of drug-likeness (QED) is 0.494. The molecule has 0 spiro atoms. The molecular formula is C23H22N2O5S. The number of aryl methyl sites for hydroxylation is 1. The van der Waals surface area contributed by atoms with Crippen LogP contribution in [0.15, 0.2) is 60.7 Å². The number of benzene rings is 2. The highest BCUT2D eigenvalue weighted by atomic mass is 32.1. The van der Waals surface area contributed by atoms with Crippen LogP contribution in [0.4, 0.5) is 5.13 Å². The van der Waals surface area contributed by atoms with Crippen molar-refractivity contribution in [2.45, 2.75) is 20.4 Å². The van der Waals surface area contributed by atoms with Crippen LogP contribution in [0.2, 0.25) is 0 Å². The van der Waals surface area contributed by atoms with Crippen molar-refractivity contribution < 1.29 is 23.9 Å². The first-order valence-electron chi connectivity index (χ1n) is 9.70. The molecule has 0 atom stereocenters. The lowest BCUT2D eigenvalue weighted by molar-refractivity contribution is -0.121. The van der Waals surface area contributed by atoms with Gasteiger partial charge in [0.25, 0.3) is 5.91 Å². The van der Waals surface area contributed by atoms with Crippen LogP contribution in [0.25, 0.3) is 0 Å². The average molecular weight is 439 g/mol. The number of amides is 1. The number of aromatic nitrogens is 1. The minimum absolute atomic E-state index is 0.220. The highest BCUT2D eigenvalue weighted by Crippen LogP contribution is 2.28. The zero-order chi connectivity index (χ0) is 22.2. The molecule has 0 aliphatic heterocycles. The number of hydrogen-bond acceptors (Lipinski definition) is 7. The summed E-state index contributed by atoms with van der Waals surface area (Å²) in [6.07, 6.45) is 0. The largest absolute Gasteiger partial charge is 0.462 e. The lowest BCUT2D eigenvalue weighted by atomic mass is 10.2. The fourth-order valence-corrected chi connectivity index (χ4v) is 3.75. The Kier molecular flexibility index (Phi) is 7.50. The molecule has 1 heterocycles. The van der Waals surface area contributed by atoms with Gasteiger partial charge in [-0.15, -0.1) is 0 Å². The molecule has 2 aromatic carbocycles. The van der Waals surface area contributed by atoms with Crippen LogP contribution in [-0.2, 0) is 20.8 Å². The molecule has 0 fully saturated rings. The van der Waals surface area contributed by atoms with Crippen molar-refractivity contribution in [2.24, 2.45) is 0 Å². The molecule has 160 valence electrons. The van der Waals surface area contributed by atoms with Crippen LogP contribution in [0.3, 0.4) is 0 Å². The van der Waals surface area contributed by atoms with E-state index in [1.807, 2.05) is 30.3 Å². The van der Waals surface area contributed by atoms with Crippen LogP contribution >= 0.6 is 11.3 Å². The number of anilines is 1. The Labute approximate surface area is 184 Å². The van der Waals surface area contributed by atoms with E-state index in [-0.39, 0.29) is 13.2 Å². The topological polar surface area (TPSA) is 85.8 Å². The van der Waals surface area contributed by atoms with E-state index in [0.29, 0.717) is 21.3 Å². The Bertz CT molecular complexity index is 1050. The first-order valence-corrected chi connectivity index (χ1v) is 10.5. The molecule has 0 saturated carbocycles. The van der Waals surface area contributed by atoms with Crippen molar-refractivity contribution >= 4 is 34.3 Å². The van der Waals surface area contributed by atoms with Gasteiger partial charge in [0.2, 0.25) is 0 Å². The summed E-state index contributed by atoms with van der Waals surface area (Å²) in [7, 11) is 0. The van der Waals surface area contributed by atoms with Gasteiger partial charge in [0, 0.05) is 0 Å². The Morgan fingerprint density at radius 2 is 1.58 bits per heavy atom. The van der Waals surface area contributed by atoms with E-state index >= 15 is 0 Å². The second-order valence-electron chi connectivity index (χ2n) is 6.54. The molecule has 3 aromatic rings. The Hall–Kier alpha value is -3.52. The molecule has 1 aromatic heterocycles. The van der Waals surface area contributed by atoms with E-state index in [4.69, 9.17) is 9.47 Å². The van der Waals surface area contributed by atoms with Crippen molar-refractivity contribution in [2.75, 3.05) is 18.1 Å². The molecule has 31 heavy (non-hydrogen) atoms. The van der Waals surface area contributed by atoms with Gasteiger partial charge in [-0.3, -0.25) is 9.69 Å². The molecule has 8 heteroatoms. The van der Waals surface area contributed by atoms with Crippen molar-refractivity contribution in [1.29, 1.82) is 0 Å². The van der Waals surface area contributed by atoms with Crippen LogP contribution in [0, 0.1) is 6.92 Å². The van der Waals surface area contributed by atoms with Gasteiger partial charge in [0.15, 0.2) is 11.7 Å². The summed E-state index contributed by atoms with van der Waals surface area (Å²) in [5.74, 6) is -1.51. The summed E-state index contributed by atoms with van der Waals surface area (Å²) in [4.78, 5) is 43.5. The summed E-state index contributed by atoms with van der Waals surface area (Å²) >= 11 is 1.07. The standard InChI is InChI=1S/C23H22N2O5S/c1-3-29-22(28)20-16(2)24-23(31-20)25(14-17-10-6-4-7-11-17)19(26)15-30-21(27)18-12-8-5-9-13-18/h4-13H,3,14-15H2,1-2H3. The Morgan fingerprint density at radius 3 is 2.23 bits per heavy atom. The number of esters is 2. The van der Waals surface area contributed by atoms with Crippen LogP contribution in [0.1, 0.15) is 38.2 Å². The van der Waals surface area contributed by atoms with Gasteiger partial charge in [-0.05, 0) is 31.5 Å². The molecule has 0 aliphatic carbocycles. The van der Waals surface area contributed by atoms with Gasteiger partial charge in [-0.2, -0.15) is 0 Å². The fraction of sp³-hybridized carbons (Fsp3) is 0.217. The van der Waals surface area contributed by atoms with Crippen molar-refractivity contribution in [3.8, 4) is 0 Å². The number of nitrogens with zero attached hydrogens (tertiary/aromatic N) is 2. The maximum Gasteiger partial charge on any atom is 0.350 e. The van der Waals surface area contributed by atoms with Crippen molar-refractivity contribution in [1.82, 2.24) is 4.98 Å². The lowest BCUT2D eigenvalue weighted by Crippen LogP contribution is -2.34. The van der Waals surface area contributed by atoms with Gasteiger partial charge in [-0.1, -0.05) is 59.9 Å². The normalized spacial score (nSPS) is 10.4. The maximum atomic E-state index is 13.0. The van der Waals surface area contributed by atoms with Crippen LogP contribution in [-0.4, -0.2) is 36.0 Å². The second-order valence-corrected chi connectivity index (χ2v) is 7.52. The van der Waals surface area contributed by atoms with E-state index in [2.05, 4.69) is 4.98 Å².